The van der Waals surface area contributed by atoms with Gasteiger partial charge in [-0.3, -0.25) is 0 Å². The van der Waals surface area contributed by atoms with E-state index < -0.39 is 0 Å². The van der Waals surface area contributed by atoms with Gasteiger partial charge in [-0.25, -0.2) is 0 Å². The summed E-state index contributed by atoms with van der Waals surface area (Å²) in [5.74, 6) is 15.4. The molecule has 2 rings (SSSR count). The van der Waals surface area contributed by atoms with Crippen molar-refractivity contribution in [2.24, 2.45) is 23.7 Å². The van der Waals surface area contributed by atoms with Gasteiger partial charge in [0.15, 0.2) is 0 Å². The Bertz CT molecular complexity index is 259. The first kappa shape index (κ1) is 13.2. The number of hydrogen-bond acceptors (Lipinski definition) is 0. The molecule has 2 fully saturated rings. The maximum absolute atomic E-state index is 3.21. The van der Waals surface area contributed by atoms with E-state index in [0.29, 0.717) is 11.8 Å². The summed E-state index contributed by atoms with van der Waals surface area (Å²) in [6.45, 7) is 8.54. The van der Waals surface area contributed by atoms with Crippen molar-refractivity contribution in [2.45, 2.75) is 53.4 Å². The summed E-state index contributed by atoms with van der Waals surface area (Å²) in [7, 11) is 0. The molecule has 0 aromatic rings. The van der Waals surface area contributed by atoms with Gasteiger partial charge in [0.25, 0.3) is 0 Å². The molecule has 0 spiro atoms. The largest absolute Gasteiger partial charge is 0.100 e. The van der Waals surface area contributed by atoms with E-state index in [1.165, 1.54) is 25.7 Å². The van der Waals surface area contributed by atoms with Crippen LogP contribution in [0.1, 0.15) is 53.4 Å². The highest BCUT2D eigenvalue weighted by atomic mass is 14.2. The Balaban J connectivity index is 0.000000160. The second kappa shape index (κ2) is 6.65. The Morgan fingerprint density at radius 1 is 0.688 bits per heavy atom. The molecule has 16 heavy (non-hydrogen) atoms. The van der Waals surface area contributed by atoms with Crippen LogP contribution in [0.3, 0.4) is 0 Å². The minimum absolute atomic E-state index is 0.565. The zero-order chi connectivity index (χ0) is 12.0. The van der Waals surface area contributed by atoms with Crippen molar-refractivity contribution < 1.29 is 0 Å². The lowest BCUT2D eigenvalue weighted by atomic mass is 10.2. The zero-order valence-electron chi connectivity index (χ0n) is 11.1. The standard InChI is InChI=1S/2C8H12/c2*1-7(2)3-4-8-5-6-8/h2*7-8H,5-6H2,1-2H3. The van der Waals surface area contributed by atoms with Crippen LogP contribution in [-0.4, -0.2) is 0 Å². The summed E-state index contributed by atoms with van der Waals surface area (Å²) in [4.78, 5) is 0. The molecule has 0 heteroatoms. The van der Waals surface area contributed by atoms with Crippen LogP contribution in [-0.2, 0) is 0 Å². The maximum Gasteiger partial charge on any atom is 0.0203 e. The fraction of sp³-hybridized carbons (Fsp3) is 0.750. The smallest absolute Gasteiger partial charge is 0.0203 e. The van der Waals surface area contributed by atoms with Gasteiger partial charge in [0.2, 0.25) is 0 Å². The van der Waals surface area contributed by atoms with E-state index in [2.05, 4.69) is 51.4 Å². The lowest BCUT2D eigenvalue weighted by Crippen LogP contribution is -1.77. The quantitative estimate of drug-likeness (QED) is 0.535. The van der Waals surface area contributed by atoms with E-state index in [4.69, 9.17) is 0 Å². The molecule has 0 aromatic heterocycles. The highest BCUT2D eigenvalue weighted by molar-refractivity contribution is 5.10. The van der Waals surface area contributed by atoms with Crippen molar-refractivity contribution in [3.8, 4) is 23.7 Å². The molecule has 88 valence electrons. The molecule has 0 radical (unpaired) electrons. The third-order valence-corrected chi connectivity index (χ3v) is 2.31. The second-order valence-corrected chi connectivity index (χ2v) is 5.44. The number of rotatable bonds is 0. The lowest BCUT2D eigenvalue weighted by molar-refractivity contribution is 0.863. The normalized spacial score (nSPS) is 17.9. The van der Waals surface area contributed by atoms with Gasteiger partial charge in [-0.15, -0.1) is 11.8 Å². The SMILES string of the molecule is CC(C)C#CC1CC1.CC(C)C#CC1CC1. The van der Waals surface area contributed by atoms with E-state index >= 15 is 0 Å². The van der Waals surface area contributed by atoms with Crippen LogP contribution < -0.4 is 0 Å². The molecule has 2 aliphatic carbocycles. The van der Waals surface area contributed by atoms with Gasteiger partial charge in [-0.05, 0) is 25.7 Å². The van der Waals surface area contributed by atoms with Crippen LogP contribution in [0, 0.1) is 47.4 Å². The average molecular weight is 216 g/mol. The summed E-state index contributed by atoms with van der Waals surface area (Å²) >= 11 is 0. The highest BCUT2D eigenvalue weighted by Gasteiger charge is 2.17. The van der Waals surface area contributed by atoms with Gasteiger partial charge in [0.1, 0.15) is 0 Å². The van der Waals surface area contributed by atoms with Crippen molar-refractivity contribution in [3.63, 3.8) is 0 Å². The molecule has 0 bridgehead atoms. The van der Waals surface area contributed by atoms with Crippen LogP contribution in [0.25, 0.3) is 0 Å². The summed E-state index contributed by atoms with van der Waals surface area (Å²) in [6, 6.07) is 0. The van der Waals surface area contributed by atoms with Crippen LogP contribution in [0.5, 0.6) is 0 Å². The van der Waals surface area contributed by atoms with Crippen molar-refractivity contribution in [2.75, 3.05) is 0 Å². The average Bonchev–Trinajstić information content (AvgIpc) is 3.06. The fourth-order valence-corrected chi connectivity index (χ4v) is 1.02. The van der Waals surface area contributed by atoms with Gasteiger partial charge >= 0.3 is 0 Å². The third-order valence-electron chi connectivity index (χ3n) is 2.31. The van der Waals surface area contributed by atoms with Gasteiger partial charge < -0.3 is 0 Å². The van der Waals surface area contributed by atoms with E-state index in [9.17, 15) is 0 Å². The van der Waals surface area contributed by atoms with Crippen LogP contribution in [0.4, 0.5) is 0 Å². The van der Waals surface area contributed by atoms with Gasteiger partial charge in [-0.2, -0.15) is 0 Å². The first-order valence-electron chi connectivity index (χ1n) is 6.60. The second-order valence-electron chi connectivity index (χ2n) is 5.44. The van der Waals surface area contributed by atoms with Crippen LogP contribution in [0.15, 0.2) is 0 Å². The topological polar surface area (TPSA) is 0 Å². The minimum Gasteiger partial charge on any atom is -0.100 e. The Morgan fingerprint density at radius 2 is 1.00 bits per heavy atom. The molecule has 0 saturated heterocycles. The predicted octanol–water partition coefficient (Wildman–Crippen LogP) is 4.11. The van der Waals surface area contributed by atoms with Gasteiger partial charge in [-0.1, -0.05) is 39.5 Å². The van der Waals surface area contributed by atoms with Gasteiger partial charge in [0.05, 0.1) is 0 Å². The zero-order valence-corrected chi connectivity index (χ0v) is 11.1. The van der Waals surface area contributed by atoms with E-state index in [-0.39, 0.29) is 0 Å². The molecule has 0 N–H and O–H groups in total. The molecule has 2 aliphatic rings. The van der Waals surface area contributed by atoms with E-state index in [1.807, 2.05) is 0 Å². The first-order valence-corrected chi connectivity index (χ1v) is 6.60. The van der Waals surface area contributed by atoms with Gasteiger partial charge in [0, 0.05) is 23.7 Å². The molecular weight excluding hydrogens is 192 g/mol. The maximum atomic E-state index is 3.21. The van der Waals surface area contributed by atoms with Crippen LogP contribution in [0.2, 0.25) is 0 Å². The van der Waals surface area contributed by atoms with E-state index in [1.54, 1.807) is 0 Å². The first-order chi connectivity index (χ1) is 7.58. The Labute approximate surface area is 101 Å². The summed E-state index contributed by atoms with van der Waals surface area (Å²) in [5, 5.41) is 0. The molecule has 0 heterocycles. The van der Waals surface area contributed by atoms with E-state index in [0.717, 1.165) is 11.8 Å². The fourth-order valence-electron chi connectivity index (χ4n) is 1.02. The molecule has 0 atom stereocenters. The molecule has 0 amide bonds. The minimum atomic E-state index is 0.565. The Morgan fingerprint density at radius 3 is 1.19 bits per heavy atom. The molecule has 0 aromatic carbocycles. The molecule has 0 aliphatic heterocycles. The van der Waals surface area contributed by atoms with Crippen LogP contribution >= 0.6 is 0 Å². The molecule has 0 nitrogen and oxygen atoms in total. The van der Waals surface area contributed by atoms with Crippen molar-refractivity contribution in [1.82, 2.24) is 0 Å². The summed E-state index contributed by atoms with van der Waals surface area (Å²) < 4.78 is 0. The molecular formula is C16H24. The Hall–Kier alpha value is -0.880. The molecule has 2 saturated carbocycles. The molecule has 0 unspecified atom stereocenters. The summed E-state index contributed by atoms with van der Waals surface area (Å²) in [6.07, 6.45) is 5.39. The Kier molecular flexibility index (Phi) is 5.48. The lowest BCUT2D eigenvalue weighted by Gasteiger charge is -1.84. The monoisotopic (exact) mass is 216 g/mol. The number of hydrogen-bond donors (Lipinski definition) is 0. The predicted molar refractivity (Wildman–Crippen MR) is 70.7 cm³/mol. The van der Waals surface area contributed by atoms with Crippen molar-refractivity contribution in [3.05, 3.63) is 0 Å². The summed E-state index contributed by atoms with van der Waals surface area (Å²) in [5.41, 5.74) is 0. The van der Waals surface area contributed by atoms with Crippen molar-refractivity contribution in [1.29, 1.82) is 0 Å². The highest BCUT2D eigenvalue weighted by Crippen LogP contribution is 2.27. The third kappa shape index (κ3) is 8.43. The van der Waals surface area contributed by atoms with Crippen molar-refractivity contribution >= 4 is 0 Å².